The molecule has 5 heteroatoms. The van der Waals surface area contributed by atoms with Gasteiger partial charge in [0.05, 0.1) is 33.4 Å². The molecule has 24 heavy (non-hydrogen) atoms. The molecule has 1 aliphatic rings. The number of hydrogen-bond donors (Lipinski definition) is 1. The fourth-order valence-corrected chi connectivity index (χ4v) is 3.24. The van der Waals surface area contributed by atoms with Gasteiger partial charge in [-0.25, -0.2) is 4.79 Å². The number of ether oxygens (including phenoxy) is 3. The van der Waals surface area contributed by atoms with Gasteiger partial charge in [-0.3, -0.25) is 0 Å². The van der Waals surface area contributed by atoms with E-state index >= 15 is 0 Å². The Hall–Kier alpha value is -2.53. The smallest absolute Gasteiger partial charge is 0.337 e. The molecule has 0 amide bonds. The number of hydrogen-bond acceptors (Lipinski definition) is 4. The molecule has 126 valence electrons. The normalized spacial score (nSPS) is 16.2. The average molecular weight is 328 g/mol. The molecule has 1 atom stereocenters. The summed E-state index contributed by atoms with van der Waals surface area (Å²) in [6.07, 6.45) is 0.992. The summed E-state index contributed by atoms with van der Waals surface area (Å²) in [5, 5.41) is 2.31. The molecule has 0 saturated carbocycles. The standard InChI is InChI=1S/C19H21NO4/c1-22-16-10-14-8-9-20-18(15(14)11-17(16)23-2)12-4-6-13(7-5-12)19(21)24-3/h4-7,10-11,18,20H,8-9H2,1-3H3/p+1. The molecule has 5 nitrogen and oxygen atoms in total. The highest BCUT2D eigenvalue weighted by Crippen LogP contribution is 2.35. The van der Waals surface area contributed by atoms with Crippen molar-refractivity contribution in [1.29, 1.82) is 0 Å². The van der Waals surface area contributed by atoms with E-state index in [-0.39, 0.29) is 12.0 Å². The van der Waals surface area contributed by atoms with Gasteiger partial charge in [-0.05, 0) is 29.8 Å². The van der Waals surface area contributed by atoms with E-state index in [1.165, 1.54) is 18.2 Å². The summed E-state index contributed by atoms with van der Waals surface area (Å²) in [6.45, 7) is 1.01. The number of carbonyl (C=O) groups excluding carboxylic acids is 1. The first kappa shape index (κ1) is 16.3. The van der Waals surface area contributed by atoms with Crippen molar-refractivity contribution in [2.24, 2.45) is 0 Å². The maximum atomic E-state index is 11.6. The number of methoxy groups -OCH3 is 3. The van der Waals surface area contributed by atoms with Crippen LogP contribution in [0.1, 0.15) is 33.1 Å². The topological polar surface area (TPSA) is 61.4 Å². The van der Waals surface area contributed by atoms with Crippen molar-refractivity contribution in [3.63, 3.8) is 0 Å². The van der Waals surface area contributed by atoms with Gasteiger partial charge in [-0.1, -0.05) is 12.1 Å². The van der Waals surface area contributed by atoms with Crippen LogP contribution < -0.4 is 14.8 Å². The molecule has 0 aromatic heterocycles. The Bertz CT molecular complexity index is 740. The number of nitrogens with two attached hydrogens (primary N) is 1. The molecule has 2 aromatic rings. The summed E-state index contributed by atoms with van der Waals surface area (Å²) >= 11 is 0. The van der Waals surface area contributed by atoms with Gasteiger partial charge in [0.1, 0.15) is 6.04 Å². The molecular weight excluding hydrogens is 306 g/mol. The van der Waals surface area contributed by atoms with Crippen molar-refractivity contribution in [1.82, 2.24) is 0 Å². The van der Waals surface area contributed by atoms with Crippen LogP contribution in [-0.2, 0) is 11.2 Å². The lowest BCUT2D eigenvalue weighted by Crippen LogP contribution is -2.87. The number of rotatable bonds is 4. The van der Waals surface area contributed by atoms with Crippen molar-refractivity contribution in [2.75, 3.05) is 27.9 Å². The van der Waals surface area contributed by atoms with Gasteiger partial charge in [-0.2, -0.15) is 0 Å². The maximum Gasteiger partial charge on any atom is 0.337 e. The van der Waals surface area contributed by atoms with Gasteiger partial charge >= 0.3 is 5.97 Å². The highest BCUT2D eigenvalue weighted by molar-refractivity contribution is 5.89. The van der Waals surface area contributed by atoms with Crippen molar-refractivity contribution in [3.8, 4) is 11.5 Å². The van der Waals surface area contributed by atoms with Gasteiger partial charge in [0.15, 0.2) is 11.5 Å². The Labute approximate surface area is 141 Å². The zero-order valence-corrected chi connectivity index (χ0v) is 14.2. The van der Waals surface area contributed by atoms with Crippen molar-refractivity contribution in [2.45, 2.75) is 12.5 Å². The summed E-state index contributed by atoms with van der Waals surface area (Å²) in [4.78, 5) is 11.6. The lowest BCUT2D eigenvalue weighted by atomic mass is 9.89. The monoisotopic (exact) mass is 328 g/mol. The second kappa shape index (κ2) is 6.93. The first-order valence-electron chi connectivity index (χ1n) is 7.94. The summed E-state index contributed by atoms with van der Waals surface area (Å²) in [7, 11) is 4.69. The average Bonchev–Trinajstić information content (AvgIpc) is 2.65. The number of benzene rings is 2. The molecule has 0 bridgehead atoms. The summed E-state index contributed by atoms with van der Waals surface area (Å²) in [6, 6.07) is 11.9. The van der Waals surface area contributed by atoms with Gasteiger partial charge < -0.3 is 19.5 Å². The minimum Gasteiger partial charge on any atom is -0.493 e. The van der Waals surface area contributed by atoms with Gasteiger partial charge in [0.2, 0.25) is 0 Å². The maximum absolute atomic E-state index is 11.6. The third kappa shape index (κ3) is 2.95. The van der Waals surface area contributed by atoms with Gasteiger partial charge in [0.25, 0.3) is 0 Å². The van der Waals surface area contributed by atoms with Crippen LogP contribution in [-0.4, -0.2) is 33.8 Å². The van der Waals surface area contributed by atoms with Crippen LogP contribution in [0.5, 0.6) is 11.5 Å². The molecule has 0 fully saturated rings. The lowest BCUT2D eigenvalue weighted by Gasteiger charge is -2.25. The predicted molar refractivity (Wildman–Crippen MR) is 89.7 cm³/mol. The van der Waals surface area contributed by atoms with Crippen LogP contribution in [0.4, 0.5) is 0 Å². The molecule has 0 spiro atoms. The number of esters is 1. The van der Waals surface area contributed by atoms with Crippen molar-refractivity contribution in [3.05, 3.63) is 58.7 Å². The SMILES string of the molecule is COC(=O)c1ccc(C2[NH2+]CCc3cc(OC)c(OC)cc32)cc1. The van der Waals surface area contributed by atoms with E-state index in [1.807, 2.05) is 24.3 Å². The van der Waals surface area contributed by atoms with E-state index < -0.39 is 0 Å². The second-order valence-electron chi connectivity index (χ2n) is 5.77. The summed E-state index contributed by atoms with van der Waals surface area (Å²) in [5.74, 6) is 1.18. The molecular formula is C19H22NO4+. The molecule has 1 aliphatic heterocycles. The first-order valence-corrected chi connectivity index (χ1v) is 7.94. The Balaban J connectivity index is 1.98. The molecule has 2 aromatic carbocycles. The summed E-state index contributed by atoms with van der Waals surface area (Å²) < 4.78 is 15.6. The zero-order valence-electron chi connectivity index (χ0n) is 14.2. The van der Waals surface area contributed by atoms with Crippen molar-refractivity contribution >= 4 is 5.97 Å². The second-order valence-corrected chi connectivity index (χ2v) is 5.77. The van der Waals surface area contributed by atoms with E-state index in [4.69, 9.17) is 14.2 Å². The van der Waals surface area contributed by atoms with Gasteiger partial charge in [-0.15, -0.1) is 0 Å². The largest absolute Gasteiger partial charge is 0.493 e. The van der Waals surface area contributed by atoms with Crippen molar-refractivity contribution < 1.29 is 24.3 Å². The van der Waals surface area contributed by atoms with Crippen LogP contribution >= 0.6 is 0 Å². The third-order valence-electron chi connectivity index (χ3n) is 4.49. The molecule has 2 N–H and O–H groups in total. The fraction of sp³-hybridized carbons (Fsp3) is 0.316. The van der Waals surface area contributed by atoms with E-state index in [0.29, 0.717) is 5.56 Å². The quantitative estimate of drug-likeness (QED) is 0.868. The Morgan fingerprint density at radius 3 is 2.33 bits per heavy atom. The van der Waals surface area contributed by atoms with E-state index in [2.05, 4.69) is 17.4 Å². The Morgan fingerprint density at radius 2 is 1.71 bits per heavy atom. The fourth-order valence-electron chi connectivity index (χ4n) is 3.24. The Morgan fingerprint density at radius 1 is 1.04 bits per heavy atom. The number of carbonyl (C=O) groups is 1. The zero-order chi connectivity index (χ0) is 17.1. The number of fused-ring (bicyclic) bond motifs is 1. The molecule has 3 rings (SSSR count). The van der Waals surface area contributed by atoms with Gasteiger partial charge in [0, 0.05) is 17.5 Å². The van der Waals surface area contributed by atoms with Crippen LogP contribution in [0.2, 0.25) is 0 Å². The van der Waals surface area contributed by atoms with Crippen LogP contribution in [0.25, 0.3) is 0 Å². The highest BCUT2D eigenvalue weighted by Gasteiger charge is 2.27. The third-order valence-corrected chi connectivity index (χ3v) is 4.49. The predicted octanol–water partition coefficient (Wildman–Crippen LogP) is 1.70. The molecule has 0 saturated heterocycles. The molecule has 1 heterocycles. The highest BCUT2D eigenvalue weighted by atomic mass is 16.5. The van der Waals surface area contributed by atoms with E-state index in [0.717, 1.165) is 30.0 Å². The minimum atomic E-state index is -0.319. The number of quaternary nitrogens is 1. The molecule has 0 aliphatic carbocycles. The van der Waals surface area contributed by atoms with Crippen LogP contribution in [0.15, 0.2) is 36.4 Å². The summed E-state index contributed by atoms with van der Waals surface area (Å²) in [5.41, 5.74) is 4.21. The van der Waals surface area contributed by atoms with Crippen LogP contribution in [0.3, 0.4) is 0 Å². The van der Waals surface area contributed by atoms with Crippen LogP contribution in [0, 0.1) is 0 Å². The molecule has 0 radical (unpaired) electrons. The first-order chi connectivity index (χ1) is 11.7. The van der Waals surface area contributed by atoms with E-state index in [9.17, 15) is 4.79 Å². The molecule has 1 unspecified atom stereocenters. The minimum absolute atomic E-state index is 0.181. The van der Waals surface area contributed by atoms with E-state index in [1.54, 1.807) is 14.2 Å². The Kier molecular flexibility index (Phi) is 4.71. The lowest BCUT2D eigenvalue weighted by molar-refractivity contribution is -0.690.